The van der Waals surface area contributed by atoms with Gasteiger partial charge in [0, 0.05) is 11.1 Å². The average Bonchev–Trinajstić information content (AvgIpc) is 2.59. The fraction of sp³-hybridized carbons (Fsp3) is 0.381. The molecule has 2 rings (SSSR count). The van der Waals surface area contributed by atoms with Crippen molar-refractivity contribution in [3.05, 3.63) is 69.8 Å². The Balaban J connectivity index is 2.67. The molecule has 1 heteroatoms. The molecule has 116 valence electrons. The molecule has 0 bridgehead atoms. The first kappa shape index (κ1) is 16.5. The molecule has 0 spiro atoms. The summed E-state index contributed by atoms with van der Waals surface area (Å²) in [5.41, 5.74) is 7.10. The Morgan fingerprint density at radius 1 is 0.773 bits per heavy atom. The van der Waals surface area contributed by atoms with Gasteiger partial charge in [-0.3, -0.25) is 4.79 Å². The number of rotatable bonds is 6. The third-order valence-electron chi connectivity index (χ3n) is 4.48. The zero-order chi connectivity index (χ0) is 16.1. The van der Waals surface area contributed by atoms with E-state index in [0.717, 1.165) is 36.8 Å². The van der Waals surface area contributed by atoms with E-state index >= 15 is 0 Å². The van der Waals surface area contributed by atoms with E-state index in [9.17, 15) is 4.79 Å². The summed E-state index contributed by atoms with van der Waals surface area (Å²) < 4.78 is 0. The molecule has 0 aromatic heterocycles. The van der Waals surface area contributed by atoms with Crippen molar-refractivity contribution in [2.24, 2.45) is 0 Å². The summed E-state index contributed by atoms with van der Waals surface area (Å²) in [5.74, 6) is 0.157. The van der Waals surface area contributed by atoms with Crippen LogP contribution in [0.25, 0.3) is 0 Å². The highest BCUT2D eigenvalue weighted by molar-refractivity contribution is 6.10. The fourth-order valence-corrected chi connectivity index (χ4v) is 3.42. The topological polar surface area (TPSA) is 17.1 Å². The van der Waals surface area contributed by atoms with Crippen molar-refractivity contribution in [2.45, 2.75) is 53.4 Å². The second kappa shape index (κ2) is 7.40. The maximum atomic E-state index is 13.0. The van der Waals surface area contributed by atoms with Gasteiger partial charge in [-0.05, 0) is 54.0 Å². The normalized spacial score (nSPS) is 10.7. The lowest BCUT2D eigenvalue weighted by atomic mass is 9.84. The summed E-state index contributed by atoms with van der Waals surface area (Å²) in [7, 11) is 0. The molecule has 0 aliphatic heterocycles. The van der Waals surface area contributed by atoms with Gasteiger partial charge in [-0.25, -0.2) is 0 Å². The van der Waals surface area contributed by atoms with Gasteiger partial charge in [-0.15, -0.1) is 0 Å². The van der Waals surface area contributed by atoms with Crippen LogP contribution in [0.3, 0.4) is 0 Å². The van der Waals surface area contributed by atoms with Crippen LogP contribution in [-0.2, 0) is 25.7 Å². The van der Waals surface area contributed by atoms with Gasteiger partial charge >= 0.3 is 0 Å². The number of benzene rings is 2. The summed E-state index contributed by atoms with van der Waals surface area (Å²) in [5, 5.41) is 0. The van der Waals surface area contributed by atoms with E-state index in [1.807, 2.05) is 30.3 Å². The Labute approximate surface area is 134 Å². The highest BCUT2D eigenvalue weighted by Crippen LogP contribution is 2.28. The number of hydrogen-bond donors (Lipinski definition) is 0. The quantitative estimate of drug-likeness (QED) is 0.672. The van der Waals surface area contributed by atoms with E-state index in [1.165, 1.54) is 22.3 Å². The second-order valence-corrected chi connectivity index (χ2v) is 5.63. The Hall–Kier alpha value is -1.89. The van der Waals surface area contributed by atoms with E-state index in [0.29, 0.717) is 0 Å². The van der Waals surface area contributed by atoms with Crippen molar-refractivity contribution in [3.63, 3.8) is 0 Å². The summed E-state index contributed by atoms with van der Waals surface area (Å²) in [4.78, 5) is 13.0. The molecule has 0 saturated heterocycles. The number of carbonyl (C=O) groups is 1. The molecule has 0 heterocycles. The lowest BCUT2D eigenvalue weighted by Gasteiger charge is -2.20. The third kappa shape index (κ3) is 2.99. The largest absolute Gasteiger partial charge is 0.289 e. The van der Waals surface area contributed by atoms with Crippen LogP contribution < -0.4 is 0 Å². The van der Waals surface area contributed by atoms with Crippen molar-refractivity contribution in [1.29, 1.82) is 0 Å². The van der Waals surface area contributed by atoms with Gasteiger partial charge in [0.15, 0.2) is 5.78 Å². The molecule has 22 heavy (non-hydrogen) atoms. The van der Waals surface area contributed by atoms with Crippen LogP contribution in [0.1, 0.15) is 65.9 Å². The van der Waals surface area contributed by atoms with E-state index in [-0.39, 0.29) is 5.78 Å². The minimum Gasteiger partial charge on any atom is -0.289 e. The Morgan fingerprint density at radius 2 is 1.36 bits per heavy atom. The molecule has 0 fully saturated rings. The first-order chi connectivity index (χ1) is 10.7. The van der Waals surface area contributed by atoms with Gasteiger partial charge in [-0.1, -0.05) is 58.0 Å². The zero-order valence-electron chi connectivity index (χ0n) is 14.2. The third-order valence-corrected chi connectivity index (χ3v) is 4.48. The van der Waals surface area contributed by atoms with Crippen molar-refractivity contribution < 1.29 is 4.79 Å². The summed E-state index contributed by atoms with van der Waals surface area (Å²) >= 11 is 0. The Kier molecular flexibility index (Phi) is 5.54. The molecule has 0 saturated carbocycles. The minimum atomic E-state index is 0.157. The van der Waals surface area contributed by atoms with Crippen LogP contribution in [0, 0.1) is 0 Å². The standard InChI is InChI=1S/C21H26O/c1-5-15-14-20(21(22)16-12-10-9-11-13-16)19(8-4)18(7-3)17(15)6-2/h9-14H,5-8H2,1-4H3. The maximum Gasteiger partial charge on any atom is 0.193 e. The van der Waals surface area contributed by atoms with E-state index in [4.69, 9.17) is 0 Å². The predicted molar refractivity (Wildman–Crippen MR) is 93.8 cm³/mol. The molecule has 1 nitrogen and oxygen atoms in total. The molecule has 0 aliphatic carbocycles. The number of hydrogen-bond acceptors (Lipinski definition) is 1. The molecular weight excluding hydrogens is 268 g/mol. The maximum absolute atomic E-state index is 13.0. The van der Waals surface area contributed by atoms with Crippen LogP contribution in [0.5, 0.6) is 0 Å². The lowest BCUT2D eigenvalue weighted by Crippen LogP contribution is -2.12. The van der Waals surface area contributed by atoms with E-state index < -0.39 is 0 Å². The smallest absolute Gasteiger partial charge is 0.193 e. The lowest BCUT2D eigenvalue weighted by molar-refractivity contribution is 0.103. The SMILES string of the molecule is CCc1cc(C(=O)c2ccccc2)c(CC)c(CC)c1CC. The zero-order valence-corrected chi connectivity index (χ0v) is 14.2. The molecule has 0 unspecified atom stereocenters. The number of carbonyl (C=O) groups excluding carboxylic acids is 1. The summed E-state index contributed by atoms with van der Waals surface area (Å²) in [6.45, 7) is 8.74. The predicted octanol–water partition coefficient (Wildman–Crippen LogP) is 5.17. The summed E-state index contributed by atoms with van der Waals surface area (Å²) in [6.07, 6.45) is 3.93. The molecule has 2 aromatic carbocycles. The van der Waals surface area contributed by atoms with Crippen LogP contribution in [0.15, 0.2) is 36.4 Å². The summed E-state index contributed by atoms with van der Waals surface area (Å²) in [6, 6.07) is 11.8. The monoisotopic (exact) mass is 294 g/mol. The van der Waals surface area contributed by atoms with Crippen molar-refractivity contribution in [3.8, 4) is 0 Å². The fourth-order valence-electron chi connectivity index (χ4n) is 3.42. The van der Waals surface area contributed by atoms with Gasteiger partial charge in [0.25, 0.3) is 0 Å². The van der Waals surface area contributed by atoms with Crippen LogP contribution in [0.4, 0.5) is 0 Å². The van der Waals surface area contributed by atoms with Crippen LogP contribution in [0.2, 0.25) is 0 Å². The highest BCUT2D eigenvalue weighted by Gasteiger charge is 2.19. The molecule has 0 N–H and O–H groups in total. The second-order valence-electron chi connectivity index (χ2n) is 5.63. The Morgan fingerprint density at radius 3 is 1.86 bits per heavy atom. The van der Waals surface area contributed by atoms with Crippen molar-refractivity contribution in [1.82, 2.24) is 0 Å². The van der Waals surface area contributed by atoms with E-state index in [2.05, 4.69) is 33.8 Å². The molecule has 0 amide bonds. The first-order valence-corrected chi connectivity index (χ1v) is 8.43. The van der Waals surface area contributed by atoms with Crippen LogP contribution >= 0.6 is 0 Å². The molecule has 0 aliphatic rings. The van der Waals surface area contributed by atoms with Gasteiger partial charge in [-0.2, -0.15) is 0 Å². The van der Waals surface area contributed by atoms with E-state index in [1.54, 1.807) is 0 Å². The van der Waals surface area contributed by atoms with Gasteiger partial charge < -0.3 is 0 Å². The number of ketones is 1. The number of aryl methyl sites for hydroxylation is 1. The molecule has 0 atom stereocenters. The van der Waals surface area contributed by atoms with Gasteiger partial charge in [0.1, 0.15) is 0 Å². The average molecular weight is 294 g/mol. The van der Waals surface area contributed by atoms with Crippen LogP contribution in [-0.4, -0.2) is 5.78 Å². The first-order valence-electron chi connectivity index (χ1n) is 8.43. The van der Waals surface area contributed by atoms with Gasteiger partial charge in [0.05, 0.1) is 0 Å². The van der Waals surface area contributed by atoms with Crippen molar-refractivity contribution in [2.75, 3.05) is 0 Å². The van der Waals surface area contributed by atoms with Crippen molar-refractivity contribution >= 4 is 5.78 Å². The highest BCUT2D eigenvalue weighted by atomic mass is 16.1. The minimum absolute atomic E-state index is 0.157. The molecule has 0 radical (unpaired) electrons. The molecule has 2 aromatic rings. The Bertz CT molecular complexity index is 653. The van der Waals surface area contributed by atoms with Gasteiger partial charge in [0.2, 0.25) is 0 Å². The molecular formula is C21H26O.